The minimum absolute atomic E-state index is 0.318. The Morgan fingerprint density at radius 1 is 1.00 bits per heavy atom. The molecule has 0 spiro atoms. The van der Waals surface area contributed by atoms with Crippen LogP contribution >= 0.6 is 0 Å². The molecule has 0 aromatic heterocycles. The van der Waals surface area contributed by atoms with Gasteiger partial charge in [0.15, 0.2) is 0 Å². The molecule has 0 saturated carbocycles. The first kappa shape index (κ1) is 12.2. The second kappa shape index (κ2) is 4.70. The minimum atomic E-state index is -0.415. The maximum atomic E-state index is 11.9. The third-order valence-electron chi connectivity index (χ3n) is 3.13. The molecule has 2 aromatic carbocycles. The average Bonchev–Trinajstić information content (AvgIpc) is 2.76. The number of amides is 2. The van der Waals surface area contributed by atoms with Crippen LogP contribution in [0.5, 0.6) is 5.75 Å². The normalized spacial score (nSPS) is 12.8. The third-order valence-corrected chi connectivity index (χ3v) is 3.13. The summed E-state index contributed by atoms with van der Waals surface area (Å²) in [5.74, 6) is -0.288. The molecule has 0 radical (unpaired) electrons. The monoisotopic (exact) mass is 268 g/mol. The summed E-state index contributed by atoms with van der Waals surface area (Å²) in [6, 6.07) is 12.6. The first-order valence-electron chi connectivity index (χ1n) is 6.09. The number of anilines is 2. The number of para-hydroxylation sites is 1. The van der Waals surface area contributed by atoms with Crippen LogP contribution in [0, 0.1) is 0 Å². The van der Waals surface area contributed by atoms with E-state index in [2.05, 4.69) is 10.6 Å². The first-order chi connectivity index (χ1) is 9.70. The molecule has 100 valence electrons. The van der Waals surface area contributed by atoms with Crippen molar-refractivity contribution in [3.63, 3.8) is 0 Å². The van der Waals surface area contributed by atoms with Gasteiger partial charge in [-0.1, -0.05) is 18.2 Å². The highest BCUT2D eigenvalue weighted by Crippen LogP contribution is 2.35. The van der Waals surface area contributed by atoms with Crippen molar-refractivity contribution in [2.75, 3.05) is 12.4 Å². The number of fused-ring (bicyclic) bond motifs is 1. The summed E-state index contributed by atoms with van der Waals surface area (Å²) >= 11 is 0. The van der Waals surface area contributed by atoms with Gasteiger partial charge in [0.2, 0.25) is 0 Å². The molecule has 0 bridgehead atoms. The van der Waals surface area contributed by atoms with Crippen molar-refractivity contribution in [1.29, 1.82) is 0 Å². The first-order valence-corrected chi connectivity index (χ1v) is 6.09. The van der Waals surface area contributed by atoms with E-state index in [0.29, 0.717) is 22.6 Å². The van der Waals surface area contributed by atoms with Gasteiger partial charge in [-0.3, -0.25) is 14.9 Å². The lowest BCUT2D eigenvalue weighted by Gasteiger charge is -2.13. The molecule has 0 unspecified atom stereocenters. The van der Waals surface area contributed by atoms with Crippen LogP contribution in [0.2, 0.25) is 0 Å². The fourth-order valence-corrected chi connectivity index (χ4v) is 2.20. The number of carbonyl (C=O) groups excluding carboxylic acids is 2. The van der Waals surface area contributed by atoms with E-state index in [4.69, 9.17) is 4.74 Å². The summed E-state index contributed by atoms with van der Waals surface area (Å²) in [5, 5.41) is 5.42. The largest absolute Gasteiger partial charge is 0.495 e. The molecule has 0 atom stereocenters. The van der Waals surface area contributed by atoms with Crippen molar-refractivity contribution in [2.24, 2.45) is 0 Å². The summed E-state index contributed by atoms with van der Waals surface area (Å²) in [6.45, 7) is 0. The Balaban J connectivity index is 2.14. The van der Waals surface area contributed by atoms with Gasteiger partial charge in [0, 0.05) is 5.69 Å². The molecule has 0 fully saturated rings. The summed E-state index contributed by atoms with van der Waals surface area (Å²) in [7, 11) is 1.52. The highest BCUT2D eigenvalue weighted by atomic mass is 16.5. The van der Waals surface area contributed by atoms with E-state index >= 15 is 0 Å². The Labute approximate surface area is 115 Å². The second-order valence-electron chi connectivity index (χ2n) is 4.34. The molecule has 5 heteroatoms. The van der Waals surface area contributed by atoms with Gasteiger partial charge in [0.25, 0.3) is 11.8 Å². The molecule has 0 aliphatic carbocycles. The molecule has 2 amide bonds. The van der Waals surface area contributed by atoms with Gasteiger partial charge in [-0.05, 0) is 24.3 Å². The third kappa shape index (κ3) is 1.89. The maximum absolute atomic E-state index is 11.9. The van der Waals surface area contributed by atoms with E-state index in [9.17, 15) is 9.59 Å². The predicted octanol–water partition coefficient (Wildman–Crippen LogP) is 2.32. The second-order valence-corrected chi connectivity index (χ2v) is 4.34. The van der Waals surface area contributed by atoms with Gasteiger partial charge in [0.1, 0.15) is 5.75 Å². The fraction of sp³-hybridized carbons (Fsp3) is 0.0667. The zero-order chi connectivity index (χ0) is 14.1. The smallest absolute Gasteiger partial charge is 0.261 e. The van der Waals surface area contributed by atoms with Gasteiger partial charge in [-0.15, -0.1) is 0 Å². The Kier molecular flexibility index (Phi) is 2.87. The lowest BCUT2D eigenvalue weighted by molar-refractivity contribution is 0.0880. The average molecular weight is 268 g/mol. The molecule has 2 aromatic rings. The minimum Gasteiger partial charge on any atom is -0.495 e. The van der Waals surface area contributed by atoms with Crippen LogP contribution in [0.15, 0.2) is 42.5 Å². The lowest BCUT2D eigenvalue weighted by Crippen LogP contribution is -2.20. The number of hydrogen-bond acceptors (Lipinski definition) is 4. The van der Waals surface area contributed by atoms with Gasteiger partial charge in [-0.25, -0.2) is 0 Å². The van der Waals surface area contributed by atoms with E-state index in [1.807, 2.05) is 30.3 Å². The van der Waals surface area contributed by atoms with E-state index < -0.39 is 5.91 Å². The van der Waals surface area contributed by atoms with Crippen LogP contribution in [-0.4, -0.2) is 18.9 Å². The highest BCUT2D eigenvalue weighted by molar-refractivity contribution is 6.24. The summed E-state index contributed by atoms with van der Waals surface area (Å²) in [4.78, 5) is 23.6. The van der Waals surface area contributed by atoms with Crippen molar-refractivity contribution in [1.82, 2.24) is 5.32 Å². The summed E-state index contributed by atoms with van der Waals surface area (Å²) in [5.41, 5.74) is 1.98. The predicted molar refractivity (Wildman–Crippen MR) is 74.5 cm³/mol. The molecule has 3 rings (SSSR count). The Morgan fingerprint density at radius 2 is 1.75 bits per heavy atom. The topological polar surface area (TPSA) is 67.4 Å². The standard InChI is InChI=1S/C15H12N2O3/c1-20-11-8-7-10-12(15(19)17-14(10)18)13(11)16-9-5-3-2-4-6-9/h2-8,16H,1H3,(H,17,18,19). The van der Waals surface area contributed by atoms with E-state index in [1.54, 1.807) is 12.1 Å². The van der Waals surface area contributed by atoms with Gasteiger partial charge in [0.05, 0.1) is 23.9 Å². The number of ether oxygens (including phenoxy) is 1. The van der Waals surface area contributed by atoms with Crippen LogP contribution in [0.25, 0.3) is 0 Å². The number of nitrogens with one attached hydrogen (secondary N) is 2. The number of hydrogen-bond donors (Lipinski definition) is 2. The number of methoxy groups -OCH3 is 1. The molecular weight excluding hydrogens is 256 g/mol. The Hall–Kier alpha value is -2.82. The van der Waals surface area contributed by atoms with Crippen LogP contribution in [0.1, 0.15) is 20.7 Å². The van der Waals surface area contributed by atoms with Crippen molar-refractivity contribution < 1.29 is 14.3 Å². The zero-order valence-electron chi connectivity index (χ0n) is 10.8. The number of imide groups is 1. The molecule has 1 heterocycles. The van der Waals surface area contributed by atoms with Gasteiger partial charge in [-0.2, -0.15) is 0 Å². The van der Waals surface area contributed by atoms with Crippen molar-refractivity contribution in [3.8, 4) is 5.75 Å². The van der Waals surface area contributed by atoms with Crippen molar-refractivity contribution in [2.45, 2.75) is 0 Å². The fourth-order valence-electron chi connectivity index (χ4n) is 2.20. The number of benzene rings is 2. The Bertz CT molecular complexity index is 696. The molecule has 1 aliphatic rings. The zero-order valence-corrected chi connectivity index (χ0v) is 10.8. The van der Waals surface area contributed by atoms with Crippen molar-refractivity contribution in [3.05, 3.63) is 53.6 Å². The molecule has 1 aliphatic heterocycles. The van der Waals surface area contributed by atoms with Crippen LogP contribution in [0.3, 0.4) is 0 Å². The van der Waals surface area contributed by atoms with Gasteiger partial charge >= 0.3 is 0 Å². The molecular formula is C15H12N2O3. The highest BCUT2D eigenvalue weighted by Gasteiger charge is 2.31. The summed E-state index contributed by atoms with van der Waals surface area (Å²) in [6.07, 6.45) is 0. The maximum Gasteiger partial charge on any atom is 0.261 e. The SMILES string of the molecule is COc1ccc2c(c1Nc1ccccc1)C(=O)NC2=O. The number of carbonyl (C=O) groups is 2. The summed E-state index contributed by atoms with van der Waals surface area (Å²) < 4.78 is 5.27. The Morgan fingerprint density at radius 3 is 2.45 bits per heavy atom. The van der Waals surface area contributed by atoms with Gasteiger partial charge < -0.3 is 10.1 Å². The van der Waals surface area contributed by atoms with E-state index in [-0.39, 0.29) is 5.91 Å². The van der Waals surface area contributed by atoms with Crippen LogP contribution in [-0.2, 0) is 0 Å². The molecule has 5 nitrogen and oxygen atoms in total. The quantitative estimate of drug-likeness (QED) is 0.838. The molecule has 0 saturated heterocycles. The number of rotatable bonds is 3. The van der Waals surface area contributed by atoms with E-state index in [1.165, 1.54) is 7.11 Å². The van der Waals surface area contributed by atoms with E-state index in [0.717, 1.165) is 5.69 Å². The van der Waals surface area contributed by atoms with Crippen LogP contribution < -0.4 is 15.4 Å². The van der Waals surface area contributed by atoms with Crippen molar-refractivity contribution >= 4 is 23.2 Å². The molecule has 20 heavy (non-hydrogen) atoms. The van der Waals surface area contributed by atoms with Crippen LogP contribution in [0.4, 0.5) is 11.4 Å². The molecule has 2 N–H and O–H groups in total. The lowest BCUT2D eigenvalue weighted by atomic mass is 10.1.